The summed E-state index contributed by atoms with van der Waals surface area (Å²) >= 11 is 0. The third-order valence-corrected chi connectivity index (χ3v) is 4.66. The fraction of sp³-hybridized carbons (Fsp3) is 0.250. The van der Waals surface area contributed by atoms with E-state index in [2.05, 4.69) is 15.2 Å². The van der Waals surface area contributed by atoms with E-state index in [1.54, 1.807) is 19.2 Å². The molecule has 1 aliphatic rings. The van der Waals surface area contributed by atoms with Gasteiger partial charge in [0.25, 0.3) is 5.91 Å². The van der Waals surface area contributed by atoms with Crippen LogP contribution in [0.15, 0.2) is 48.7 Å². The number of aromatic amines is 1. The first-order valence-corrected chi connectivity index (χ1v) is 9.02. The normalized spacial score (nSPS) is 14.3. The van der Waals surface area contributed by atoms with E-state index in [1.165, 1.54) is 4.90 Å². The largest absolute Gasteiger partial charge is 0.497 e. The van der Waals surface area contributed by atoms with Crippen LogP contribution in [0.2, 0.25) is 0 Å². The molecule has 0 spiro atoms. The molecule has 3 heterocycles. The number of halogens is 3. The maximum atomic E-state index is 12.8. The molecule has 7 nitrogen and oxygen atoms in total. The summed E-state index contributed by atoms with van der Waals surface area (Å²) in [6, 6.07) is 10.6. The second-order valence-electron chi connectivity index (χ2n) is 6.73. The van der Waals surface area contributed by atoms with Gasteiger partial charge in [-0.05, 0) is 24.3 Å². The fourth-order valence-electron chi connectivity index (χ4n) is 3.03. The molecule has 1 saturated heterocycles. The molecule has 1 fully saturated rings. The number of amides is 1. The third-order valence-electron chi connectivity index (χ3n) is 4.66. The van der Waals surface area contributed by atoms with Crippen LogP contribution in [0.3, 0.4) is 0 Å². The molecular formula is C20H17F3N4O3. The van der Waals surface area contributed by atoms with Crippen molar-refractivity contribution in [2.75, 3.05) is 20.2 Å². The number of nitrogens with zero attached hydrogens (tertiary/aromatic N) is 3. The van der Waals surface area contributed by atoms with Crippen molar-refractivity contribution in [1.82, 2.24) is 20.1 Å². The molecular weight excluding hydrogens is 401 g/mol. The SMILES string of the molecule is COc1cccc(-c2cc(C(=O)N3CC(Oc4cc(C(F)(F)F)ccn4)C3)[nH]n2)c1. The number of nitrogens with one attached hydrogen (secondary N) is 1. The van der Waals surface area contributed by atoms with Gasteiger partial charge in [-0.1, -0.05) is 12.1 Å². The van der Waals surface area contributed by atoms with Crippen molar-refractivity contribution in [3.05, 3.63) is 59.9 Å². The Hall–Kier alpha value is -3.56. The number of alkyl halides is 3. The van der Waals surface area contributed by atoms with Crippen LogP contribution >= 0.6 is 0 Å². The minimum Gasteiger partial charge on any atom is -0.497 e. The summed E-state index contributed by atoms with van der Waals surface area (Å²) in [6.07, 6.45) is -3.85. The molecule has 4 rings (SSSR count). The molecule has 0 atom stereocenters. The number of aromatic nitrogens is 3. The molecule has 3 aromatic rings. The van der Waals surface area contributed by atoms with Gasteiger partial charge in [0.15, 0.2) is 0 Å². The molecule has 0 unspecified atom stereocenters. The fourth-order valence-corrected chi connectivity index (χ4v) is 3.03. The van der Waals surface area contributed by atoms with E-state index in [0.717, 1.165) is 23.9 Å². The zero-order valence-corrected chi connectivity index (χ0v) is 15.8. The first-order chi connectivity index (χ1) is 14.3. The van der Waals surface area contributed by atoms with Crippen molar-refractivity contribution >= 4 is 5.91 Å². The van der Waals surface area contributed by atoms with E-state index in [0.29, 0.717) is 17.1 Å². The highest BCUT2D eigenvalue weighted by molar-refractivity contribution is 5.94. The maximum absolute atomic E-state index is 12.8. The monoisotopic (exact) mass is 418 g/mol. The number of hydrogen-bond acceptors (Lipinski definition) is 5. The van der Waals surface area contributed by atoms with Gasteiger partial charge in [0.05, 0.1) is 31.5 Å². The van der Waals surface area contributed by atoms with Crippen LogP contribution < -0.4 is 9.47 Å². The Bertz CT molecular complexity index is 1060. The van der Waals surface area contributed by atoms with Gasteiger partial charge in [-0.2, -0.15) is 18.3 Å². The molecule has 1 aliphatic heterocycles. The first kappa shape index (κ1) is 19.7. The lowest BCUT2D eigenvalue weighted by Gasteiger charge is -2.38. The summed E-state index contributed by atoms with van der Waals surface area (Å²) in [5.74, 6) is 0.284. The summed E-state index contributed by atoms with van der Waals surface area (Å²) in [5.41, 5.74) is 0.870. The minimum absolute atomic E-state index is 0.122. The van der Waals surface area contributed by atoms with Gasteiger partial charge in [0.2, 0.25) is 5.88 Å². The van der Waals surface area contributed by atoms with Gasteiger partial charge in [-0.25, -0.2) is 4.98 Å². The summed E-state index contributed by atoms with van der Waals surface area (Å²) < 4.78 is 49.0. The second kappa shape index (κ2) is 7.69. The molecule has 30 heavy (non-hydrogen) atoms. The lowest BCUT2D eigenvalue weighted by atomic mass is 10.1. The Kier molecular flexibility index (Phi) is 5.06. The molecule has 0 saturated carbocycles. The first-order valence-electron chi connectivity index (χ1n) is 9.02. The molecule has 1 amide bonds. The average molecular weight is 418 g/mol. The van der Waals surface area contributed by atoms with E-state index < -0.39 is 17.8 Å². The number of hydrogen-bond donors (Lipinski definition) is 1. The van der Waals surface area contributed by atoms with Gasteiger partial charge in [0.1, 0.15) is 17.5 Å². The number of rotatable bonds is 5. The van der Waals surface area contributed by atoms with Gasteiger partial charge < -0.3 is 14.4 Å². The Morgan fingerprint density at radius 3 is 2.73 bits per heavy atom. The van der Waals surface area contributed by atoms with Crippen LogP contribution in [0.5, 0.6) is 11.6 Å². The minimum atomic E-state index is -4.47. The van der Waals surface area contributed by atoms with E-state index in [4.69, 9.17) is 9.47 Å². The molecule has 1 aromatic carbocycles. The predicted octanol–water partition coefficient (Wildman–Crippen LogP) is 3.40. The van der Waals surface area contributed by atoms with Crippen molar-refractivity contribution in [2.45, 2.75) is 12.3 Å². The van der Waals surface area contributed by atoms with E-state index in [-0.39, 0.29) is 24.9 Å². The van der Waals surface area contributed by atoms with Crippen LogP contribution in [-0.4, -0.2) is 52.3 Å². The summed E-state index contributed by atoms with van der Waals surface area (Å²) in [4.78, 5) is 17.9. The second-order valence-corrected chi connectivity index (χ2v) is 6.73. The Morgan fingerprint density at radius 1 is 1.20 bits per heavy atom. The predicted molar refractivity (Wildman–Crippen MR) is 100 cm³/mol. The highest BCUT2D eigenvalue weighted by atomic mass is 19.4. The van der Waals surface area contributed by atoms with Crippen LogP contribution in [0.1, 0.15) is 16.1 Å². The molecule has 156 valence electrons. The summed E-state index contributed by atoms with van der Waals surface area (Å²) in [6.45, 7) is 0.481. The van der Waals surface area contributed by atoms with Gasteiger partial charge in [-0.3, -0.25) is 9.89 Å². The Morgan fingerprint density at radius 2 is 2.00 bits per heavy atom. The number of methoxy groups -OCH3 is 1. The van der Waals surface area contributed by atoms with Gasteiger partial charge in [0, 0.05) is 17.8 Å². The Balaban J connectivity index is 1.36. The quantitative estimate of drug-likeness (QED) is 0.687. The van der Waals surface area contributed by atoms with Gasteiger partial charge in [-0.15, -0.1) is 0 Å². The smallest absolute Gasteiger partial charge is 0.416 e. The van der Waals surface area contributed by atoms with E-state index in [9.17, 15) is 18.0 Å². The lowest BCUT2D eigenvalue weighted by molar-refractivity contribution is -0.137. The zero-order valence-electron chi connectivity index (χ0n) is 15.8. The van der Waals surface area contributed by atoms with Gasteiger partial charge >= 0.3 is 6.18 Å². The number of H-pyrrole nitrogens is 1. The van der Waals surface area contributed by atoms with Crippen LogP contribution in [0, 0.1) is 0 Å². The van der Waals surface area contributed by atoms with Crippen molar-refractivity contribution in [3.8, 4) is 22.9 Å². The molecule has 2 aromatic heterocycles. The third kappa shape index (κ3) is 4.07. The topological polar surface area (TPSA) is 80.3 Å². The highest BCUT2D eigenvalue weighted by Gasteiger charge is 2.35. The number of carbonyl (C=O) groups excluding carboxylic acids is 1. The summed E-state index contributed by atoms with van der Waals surface area (Å²) in [5, 5.41) is 6.89. The molecule has 10 heteroatoms. The standard InChI is InChI=1S/C20H17F3N4O3/c1-29-14-4-2-3-12(7-14)16-9-17(26-25-16)19(28)27-10-15(11-27)30-18-8-13(5-6-24-18)20(21,22)23/h2-9,15H,10-11H2,1H3,(H,25,26). The average Bonchev–Trinajstić information content (AvgIpc) is 3.20. The van der Waals surface area contributed by atoms with Crippen LogP contribution in [0.25, 0.3) is 11.3 Å². The molecule has 0 radical (unpaired) electrons. The van der Waals surface area contributed by atoms with E-state index >= 15 is 0 Å². The van der Waals surface area contributed by atoms with Crippen molar-refractivity contribution in [2.24, 2.45) is 0 Å². The number of carbonyl (C=O) groups is 1. The zero-order chi connectivity index (χ0) is 21.3. The van der Waals surface area contributed by atoms with Crippen LogP contribution in [-0.2, 0) is 6.18 Å². The number of pyridine rings is 1. The molecule has 0 bridgehead atoms. The number of ether oxygens (including phenoxy) is 2. The van der Waals surface area contributed by atoms with Crippen LogP contribution in [0.4, 0.5) is 13.2 Å². The summed E-state index contributed by atoms with van der Waals surface area (Å²) in [7, 11) is 1.57. The number of benzene rings is 1. The van der Waals surface area contributed by atoms with E-state index in [1.807, 2.05) is 18.2 Å². The number of likely N-dealkylation sites (tertiary alicyclic amines) is 1. The molecule has 1 N–H and O–H groups in total. The van der Waals surface area contributed by atoms with Crippen molar-refractivity contribution in [3.63, 3.8) is 0 Å². The lowest BCUT2D eigenvalue weighted by Crippen LogP contribution is -2.56. The molecule has 0 aliphatic carbocycles. The van der Waals surface area contributed by atoms with Crippen molar-refractivity contribution < 1.29 is 27.4 Å². The highest BCUT2D eigenvalue weighted by Crippen LogP contribution is 2.31. The maximum Gasteiger partial charge on any atom is 0.416 e. The van der Waals surface area contributed by atoms with Crippen molar-refractivity contribution in [1.29, 1.82) is 0 Å². The Labute approximate surface area is 169 Å².